The van der Waals surface area contributed by atoms with E-state index in [0.717, 1.165) is 45.2 Å². The molecule has 0 fully saturated rings. The molecule has 0 radical (unpaired) electrons. The van der Waals surface area contributed by atoms with Gasteiger partial charge in [0.2, 0.25) is 0 Å². The monoisotopic (exact) mass is 335 g/mol. The van der Waals surface area contributed by atoms with Crippen LogP contribution in [0.5, 0.6) is 11.5 Å². The van der Waals surface area contributed by atoms with Gasteiger partial charge >= 0.3 is 0 Å². The van der Waals surface area contributed by atoms with E-state index in [2.05, 4.69) is 16.7 Å². The maximum absolute atomic E-state index is 10.7. The van der Waals surface area contributed by atoms with Crippen LogP contribution in [0.15, 0.2) is 54.6 Å². The van der Waals surface area contributed by atoms with Crippen molar-refractivity contribution in [1.82, 2.24) is 4.57 Å². The van der Waals surface area contributed by atoms with Crippen LogP contribution in [-0.4, -0.2) is 16.3 Å². The minimum absolute atomic E-state index is 0.133. The molecule has 1 aliphatic rings. The minimum atomic E-state index is 0.133. The van der Waals surface area contributed by atoms with E-state index in [1.165, 1.54) is 0 Å². The highest BCUT2D eigenvalue weighted by Gasteiger charge is 2.24. The van der Waals surface area contributed by atoms with Gasteiger partial charge in [0.25, 0.3) is 0 Å². The number of halogens is 1. The Bertz CT molecular complexity index is 1100. The topological polar surface area (TPSA) is 34.4 Å². The van der Waals surface area contributed by atoms with E-state index >= 15 is 0 Å². The van der Waals surface area contributed by atoms with Gasteiger partial charge in [-0.2, -0.15) is 0 Å². The summed E-state index contributed by atoms with van der Waals surface area (Å²) >= 11 is 6.36. The molecule has 1 aliphatic heterocycles. The predicted octanol–water partition coefficient (Wildman–Crippen LogP) is 5.21. The van der Waals surface area contributed by atoms with Gasteiger partial charge in [-0.05, 0) is 17.7 Å². The first kappa shape index (κ1) is 13.8. The summed E-state index contributed by atoms with van der Waals surface area (Å²) in [7, 11) is 0. The SMILES string of the molecule is Oc1c(Cl)cc(-c2ccccc2)c2c1c1cccc3c1n2CCO3. The third kappa shape index (κ3) is 1.73. The number of fused-ring (bicyclic) bond motifs is 3. The number of aromatic nitrogens is 1. The van der Waals surface area contributed by atoms with E-state index in [-0.39, 0.29) is 5.75 Å². The van der Waals surface area contributed by atoms with E-state index in [1.807, 2.05) is 42.5 Å². The number of phenolic OH excluding ortho intramolecular Hbond substituents is 1. The molecular formula is C20H14ClNO2. The number of ether oxygens (including phenoxy) is 1. The predicted molar refractivity (Wildman–Crippen MR) is 97.0 cm³/mol. The summed E-state index contributed by atoms with van der Waals surface area (Å²) in [6.07, 6.45) is 0. The number of rotatable bonds is 1. The van der Waals surface area contributed by atoms with Gasteiger partial charge in [-0.25, -0.2) is 0 Å². The number of hydrogen-bond acceptors (Lipinski definition) is 2. The van der Waals surface area contributed by atoms with Crippen LogP contribution in [0.3, 0.4) is 0 Å². The molecule has 118 valence electrons. The molecule has 0 bridgehead atoms. The van der Waals surface area contributed by atoms with Crippen LogP contribution in [-0.2, 0) is 6.54 Å². The van der Waals surface area contributed by atoms with Crippen molar-refractivity contribution in [3.8, 4) is 22.6 Å². The fraction of sp³-hybridized carbons (Fsp3) is 0.100. The van der Waals surface area contributed by atoms with Gasteiger partial charge in [-0.1, -0.05) is 54.1 Å². The molecule has 0 spiro atoms. The third-order valence-corrected chi connectivity index (χ3v) is 4.98. The summed E-state index contributed by atoms with van der Waals surface area (Å²) in [5, 5.41) is 12.8. The molecule has 0 saturated carbocycles. The molecule has 24 heavy (non-hydrogen) atoms. The van der Waals surface area contributed by atoms with Crippen LogP contribution < -0.4 is 4.74 Å². The molecule has 0 amide bonds. The molecule has 3 aromatic carbocycles. The van der Waals surface area contributed by atoms with Crippen molar-refractivity contribution < 1.29 is 9.84 Å². The number of para-hydroxylation sites is 1. The average molecular weight is 336 g/mol. The van der Waals surface area contributed by atoms with Crippen molar-refractivity contribution in [1.29, 1.82) is 0 Å². The zero-order valence-electron chi connectivity index (χ0n) is 12.8. The highest BCUT2D eigenvalue weighted by molar-refractivity contribution is 6.35. The summed E-state index contributed by atoms with van der Waals surface area (Å²) < 4.78 is 8.04. The Balaban J connectivity index is 2.05. The van der Waals surface area contributed by atoms with Crippen molar-refractivity contribution in [2.45, 2.75) is 6.54 Å². The van der Waals surface area contributed by atoms with Crippen LogP contribution >= 0.6 is 11.6 Å². The molecule has 3 nitrogen and oxygen atoms in total. The van der Waals surface area contributed by atoms with Crippen LogP contribution in [0.1, 0.15) is 0 Å². The second kappa shape index (κ2) is 4.92. The van der Waals surface area contributed by atoms with Gasteiger partial charge in [0.15, 0.2) is 0 Å². The Morgan fingerprint density at radius 3 is 2.67 bits per heavy atom. The molecule has 4 heteroatoms. The minimum Gasteiger partial charge on any atom is -0.506 e. The largest absolute Gasteiger partial charge is 0.506 e. The molecule has 0 unspecified atom stereocenters. The van der Waals surface area contributed by atoms with Crippen molar-refractivity contribution in [2.75, 3.05) is 6.61 Å². The van der Waals surface area contributed by atoms with Crippen molar-refractivity contribution in [3.05, 3.63) is 59.6 Å². The Morgan fingerprint density at radius 2 is 1.83 bits per heavy atom. The number of nitrogens with zero attached hydrogens (tertiary/aromatic N) is 1. The van der Waals surface area contributed by atoms with Crippen LogP contribution in [0, 0.1) is 0 Å². The van der Waals surface area contributed by atoms with E-state index in [4.69, 9.17) is 16.3 Å². The summed E-state index contributed by atoms with van der Waals surface area (Å²) in [6.45, 7) is 1.37. The smallest absolute Gasteiger partial charge is 0.144 e. The number of phenols is 1. The lowest BCUT2D eigenvalue weighted by Gasteiger charge is -2.18. The van der Waals surface area contributed by atoms with Crippen LogP contribution in [0.2, 0.25) is 5.02 Å². The Hall–Kier alpha value is -2.65. The summed E-state index contributed by atoms with van der Waals surface area (Å²) in [6, 6.07) is 17.9. The fourth-order valence-electron chi connectivity index (χ4n) is 3.70. The highest BCUT2D eigenvalue weighted by Crippen LogP contribution is 2.47. The van der Waals surface area contributed by atoms with Crippen molar-refractivity contribution in [3.63, 3.8) is 0 Å². The van der Waals surface area contributed by atoms with E-state index in [0.29, 0.717) is 11.6 Å². The Kier molecular flexibility index (Phi) is 2.82. The molecule has 4 aromatic rings. The normalized spacial score (nSPS) is 13.4. The second-order valence-electron chi connectivity index (χ2n) is 6.00. The number of hydrogen-bond donors (Lipinski definition) is 1. The quantitative estimate of drug-likeness (QED) is 0.518. The van der Waals surface area contributed by atoms with Gasteiger partial charge < -0.3 is 14.4 Å². The van der Waals surface area contributed by atoms with Crippen molar-refractivity contribution in [2.24, 2.45) is 0 Å². The first-order valence-corrected chi connectivity index (χ1v) is 8.28. The van der Waals surface area contributed by atoms with E-state index in [9.17, 15) is 5.11 Å². The fourth-order valence-corrected chi connectivity index (χ4v) is 3.91. The Morgan fingerprint density at radius 1 is 1.00 bits per heavy atom. The molecule has 5 rings (SSSR count). The third-order valence-electron chi connectivity index (χ3n) is 4.69. The lowest BCUT2D eigenvalue weighted by molar-refractivity contribution is 0.289. The molecule has 0 aliphatic carbocycles. The molecule has 1 aromatic heterocycles. The number of aromatic hydroxyl groups is 1. The van der Waals surface area contributed by atoms with Crippen LogP contribution in [0.4, 0.5) is 0 Å². The molecule has 2 heterocycles. The van der Waals surface area contributed by atoms with E-state index in [1.54, 1.807) is 0 Å². The summed E-state index contributed by atoms with van der Waals surface area (Å²) in [4.78, 5) is 0. The Labute approximate surface area is 143 Å². The van der Waals surface area contributed by atoms with Gasteiger partial charge in [0.05, 0.1) is 28.0 Å². The number of benzene rings is 3. The average Bonchev–Trinajstić information content (AvgIpc) is 2.96. The molecular weight excluding hydrogens is 322 g/mol. The zero-order valence-corrected chi connectivity index (χ0v) is 13.5. The second-order valence-corrected chi connectivity index (χ2v) is 6.40. The van der Waals surface area contributed by atoms with Gasteiger partial charge in [0, 0.05) is 10.9 Å². The molecule has 1 N–H and O–H groups in total. The van der Waals surface area contributed by atoms with Crippen LogP contribution in [0.25, 0.3) is 32.9 Å². The first-order valence-electron chi connectivity index (χ1n) is 7.90. The maximum atomic E-state index is 10.7. The lowest BCUT2D eigenvalue weighted by Crippen LogP contribution is -2.13. The first-order chi connectivity index (χ1) is 11.8. The van der Waals surface area contributed by atoms with Gasteiger partial charge in [0.1, 0.15) is 18.1 Å². The van der Waals surface area contributed by atoms with Gasteiger partial charge in [-0.15, -0.1) is 0 Å². The lowest BCUT2D eigenvalue weighted by atomic mass is 10.0. The summed E-state index contributed by atoms with van der Waals surface area (Å²) in [5.41, 5.74) is 4.14. The maximum Gasteiger partial charge on any atom is 0.144 e. The van der Waals surface area contributed by atoms with Gasteiger partial charge in [-0.3, -0.25) is 0 Å². The standard InChI is InChI=1S/C20H14ClNO2/c21-15-11-14(12-5-2-1-3-6-12)19-17(20(15)23)13-7-4-8-16-18(13)22(19)9-10-24-16/h1-8,11,23H,9-10H2. The molecule has 0 saturated heterocycles. The van der Waals surface area contributed by atoms with E-state index < -0.39 is 0 Å². The van der Waals surface area contributed by atoms with Crippen molar-refractivity contribution >= 4 is 33.4 Å². The zero-order chi connectivity index (χ0) is 16.3. The summed E-state index contributed by atoms with van der Waals surface area (Å²) in [5.74, 6) is 0.985. The highest BCUT2D eigenvalue weighted by atomic mass is 35.5. The molecule has 0 atom stereocenters.